The third-order valence-electron chi connectivity index (χ3n) is 3.89. The van der Waals surface area contributed by atoms with Gasteiger partial charge in [0.05, 0.1) is 23.8 Å². The number of azo groups is 1. The summed E-state index contributed by atoms with van der Waals surface area (Å²) in [5.41, 5.74) is 2.43. The van der Waals surface area contributed by atoms with Gasteiger partial charge in [-0.05, 0) is 23.8 Å². The Morgan fingerprint density at radius 3 is 2.68 bits per heavy atom. The van der Waals surface area contributed by atoms with E-state index in [1.54, 1.807) is 23.1 Å². The molecule has 0 saturated heterocycles. The first-order valence-electron chi connectivity index (χ1n) is 8.55. The molecule has 138 valence electrons. The molecule has 4 aromatic rings. The maximum Gasteiger partial charge on any atom is 0.222 e. The second-order valence-electron chi connectivity index (χ2n) is 5.96. The standard InChI is InChI=1S/C19H16N8O/c1-13(28)25-17-8-7-14(9-20-17)10-23-26-18-16-11-24-27(19(16)22-12-21-18)15-5-3-2-4-6-15/h2-9,11-12H,10H2,1H3,(H,20,25,28). The van der Waals surface area contributed by atoms with E-state index in [-0.39, 0.29) is 5.91 Å². The summed E-state index contributed by atoms with van der Waals surface area (Å²) < 4.78 is 1.74. The number of carbonyl (C=O) groups excluding carboxylic acids is 1. The van der Waals surface area contributed by atoms with Crippen LogP contribution in [-0.4, -0.2) is 30.6 Å². The molecule has 0 bridgehead atoms. The van der Waals surface area contributed by atoms with Crippen LogP contribution in [-0.2, 0) is 11.3 Å². The fourth-order valence-electron chi connectivity index (χ4n) is 2.63. The fourth-order valence-corrected chi connectivity index (χ4v) is 2.63. The minimum atomic E-state index is -0.163. The molecule has 28 heavy (non-hydrogen) atoms. The van der Waals surface area contributed by atoms with Crippen molar-refractivity contribution in [2.45, 2.75) is 13.5 Å². The largest absolute Gasteiger partial charge is 0.311 e. The SMILES string of the molecule is CC(=O)Nc1ccc(CN=Nc2ncnc3c2cnn3-c2ccccc2)cn1. The van der Waals surface area contributed by atoms with E-state index in [1.807, 2.05) is 36.4 Å². The summed E-state index contributed by atoms with van der Waals surface area (Å²) in [6.45, 7) is 1.78. The highest BCUT2D eigenvalue weighted by atomic mass is 16.1. The highest BCUT2D eigenvalue weighted by Gasteiger charge is 2.10. The number of rotatable bonds is 5. The van der Waals surface area contributed by atoms with Crippen molar-refractivity contribution in [1.29, 1.82) is 0 Å². The monoisotopic (exact) mass is 372 g/mol. The number of amides is 1. The van der Waals surface area contributed by atoms with E-state index in [2.05, 4.69) is 35.6 Å². The summed E-state index contributed by atoms with van der Waals surface area (Å²) in [4.78, 5) is 23.7. The van der Waals surface area contributed by atoms with Crippen LogP contribution < -0.4 is 5.32 Å². The number of fused-ring (bicyclic) bond motifs is 1. The van der Waals surface area contributed by atoms with Gasteiger partial charge in [0, 0.05) is 13.1 Å². The van der Waals surface area contributed by atoms with E-state index in [0.29, 0.717) is 29.2 Å². The molecule has 0 unspecified atom stereocenters. The van der Waals surface area contributed by atoms with Gasteiger partial charge in [-0.3, -0.25) is 4.79 Å². The predicted octanol–water partition coefficient (Wildman–Crippen LogP) is 3.45. The van der Waals surface area contributed by atoms with Crippen LogP contribution in [0.25, 0.3) is 16.7 Å². The lowest BCUT2D eigenvalue weighted by molar-refractivity contribution is -0.114. The minimum Gasteiger partial charge on any atom is -0.311 e. The lowest BCUT2D eigenvalue weighted by Gasteiger charge is -2.02. The van der Waals surface area contributed by atoms with Gasteiger partial charge in [0.2, 0.25) is 5.91 Å². The molecule has 0 aliphatic rings. The molecule has 0 spiro atoms. The third kappa shape index (κ3) is 3.73. The lowest BCUT2D eigenvalue weighted by Crippen LogP contribution is -2.07. The van der Waals surface area contributed by atoms with Crippen LogP contribution in [0.4, 0.5) is 11.6 Å². The molecule has 3 heterocycles. The van der Waals surface area contributed by atoms with E-state index in [9.17, 15) is 4.79 Å². The molecule has 0 fully saturated rings. The number of para-hydroxylation sites is 1. The van der Waals surface area contributed by atoms with Crippen molar-refractivity contribution in [1.82, 2.24) is 24.7 Å². The first-order valence-corrected chi connectivity index (χ1v) is 8.55. The zero-order chi connectivity index (χ0) is 19.3. The molecule has 0 aliphatic heterocycles. The molecule has 1 amide bonds. The molecule has 9 heteroatoms. The van der Waals surface area contributed by atoms with E-state index in [4.69, 9.17) is 0 Å². The van der Waals surface area contributed by atoms with Crippen LogP contribution in [0.3, 0.4) is 0 Å². The predicted molar refractivity (Wildman–Crippen MR) is 103 cm³/mol. The number of nitrogens with zero attached hydrogens (tertiary/aromatic N) is 7. The average molecular weight is 372 g/mol. The van der Waals surface area contributed by atoms with Crippen molar-refractivity contribution in [3.63, 3.8) is 0 Å². The fraction of sp³-hybridized carbons (Fsp3) is 0.105. The van der Waals surface area contributed by atoms with Gasteiger partial charge in [0.1, 0.15) is 12.1 Å². The summed E-state index contributed by atoms with van der Waals surface area (Å²) >= 11 is 0. The molecule has 0 saturated carbocycles. The molecule has 0 atom stereocenters. The van der Waals surface area contributed by atoms with Crippen LogP contribution in [0, 0.1) is 0 Å². The first kappa shape index (κ1) is 17.4. The van der Waals surface area contributed by atoms with Gasteiger partial charge in [-0.1, -0.05) is 24.3 Å². The smallest absolute Gasteiger partial charge is 0.222 e. The Balaban J connectivity index is 1.53. The number of carbonyl (C=O) groups is 1. The van der Waals surface area contributed by atoms with Crippen molar-refractivity contribution < 1.29 is 4.79 Å². The number of hydrogen-bond acceptors (Lipinski definition) is 7. The van der Waals surface area contributed by atoms with Crippen LogP contribution in [0.1, 0.15) is 12.5 Å². The maximum absolute atomic E-state index is 11.0. The summed E-state index contributed by atoms with van der Waals surface area (Å²) in [5, 5.41) is 16.2. The molecule has 3 aromatic heterocycles. The first-order chi connectivity index (χ1) is 13.7. The van der Waals surface area contributed by atoms with Crippen molar-refractivity contribution in [3.05, 3.63) is 66.7 Å². The van der Waals surface area contributed by atoms with Gasteiger partial charge < -0.3 is 5.32 Å². The van der Waals surface area contributed by atoms with Gasteiger partial charge in [0.25, 0.3) is 0 Å². The van der Waals surface area contributed by atoms with E-state index < -0.39 is 0 Å². The van der Waals surface area contributed by atoms with Crippen molar-refractivity contribution in [3.8, 4) is 5.69 Å². The molecular weight excluding hydrogens is 356 g/mol. The number of anilines is 1. The van der Waals surface area contributed by atoms with Gasteiger partial charge >= 0.3 is 0 Å². The Hall–Kier alpha value is -4.01. The van der Waals surface area contributed by atoms with E-state index >= 15 is 0 Å². The van der Waals surface area contributed by atoms with Crippen molar-refractivity contribution in [2.24, 2.45) is 10.2 Å². The summed E-state index contributed by atoms with van der Waals surface area (Å²) in [6, 6.07) is 13.3. The van der Waals surface area contributed by atoms with Gasteiger partial charge in [0.15, 0.2) is 11.5 Å². The van der Waals surface area contributed by atoms with Gasteiger partial charge in [-0.15, -0.1) is 5.11 Å². The normalized spacial score (nSPS) is 11.2. The number of pyridine rings is 1. The third-order valence-corrected chi connectivity index (χ3v) is 3.89. The van der Waals surface area contributed by atoms with Gasteiger partial charge in [-0.25, -0.2) is 19.6 Å². The highest BCUT2D eigenvalue weighted by molar-refractivity contribution is 5.87. The second-order valence-corrected chi connectivity index (χ2v) is 5.96. The Bertz CT molecular complexity index is 1140. The van der Waals surface area contributed by atoms with Crippen LogP contribution >= 0.6 is 0 Å². The summed E-state index contributed by atoms with van der Waals surface area (Å²) in [7, 11) is 0. The maximum atomic E-state index is 11.0. The Morgan fingerprint density at radius 1 is 1.07 bits per heavy atom. The minimum absolute atomic E-state index is 0.163. The lowest BCUT2D eigenvalue weighted by atomic mass is 10.3. The quantitative estimate of drug-likeness (QED) is 0.539. The molecule has 1 aromatic carbocycles. The molecular formula is C19H16N8O. The second kappa shape index (κ2) is 7.70. The van der Waals surface area contributed by atoms with Crippen LogP contribution in [0.2, 0.25) is 0 Å². The zero-order valence-electron chi connectivity index (χ0n) is 15.0. The number of hydrogen-bond donors (Lipinski definition) is 1. The van der Waals surface area contributed by atoms with Crippen LogP contribution in [0.5, 0.6) is 0 Å². The van der Waals surface area contributed by atoms with Crippen LogP contribution in [0.15, 0.2) is 71.4 Å². The average Bonchev–Trinajstić information content (AvgIpc) is 3.15. The van der Waals surface area contributed by atoms with Gasteiger partial charge in [-0.2, -0.15) is 10.2 Å². The van der Waals surface area contributed by atoms with E-state index in [0.717, 1.165) is 11.3 Å². The van der Waals surface area contributed by atoms with E-state index in [1.165, 1.54) is 13.3 Å². The Kier molecular flexibility index (Phi) is 4.79. The molecule has 1 N–H and O–H groups in total. The molecule has 9 nitrogen and oxygen atoms in total. The van der Waals surface area contributed by atoms with Crippen molar-refractivity contribution >= 4 is 28.6 Å². The Labute approximate surface area is 160 Å². The van der Waals surface area contributed by atoms with Crippen molar-refractivity contribution in [2.75, 3.05) is 5.32 Å². The molecule has 4 rings (SSSR count). The zero-order valence-corrected chi connectivity index (χ0v) is 15.0. The summed E-state index contributed by atoms with van der Waals surface area (Å²) in [5.74, 6) is 0.790. The number of aromatic nitrogens is 5. The Morgan fingerprint density at radius 2 is 1.93 bits per heavy atom. The number of nitrogens with one attached hydrogen (secondary N) is 1. The number of benzene rings is 1. The highest BCUT2D eigenvalue weighted by Crippen LogP contribution is 2.24. The molecule has 0 radical (unpaired) electrons. The molecule has 0 aliphatic carbocycles. The topological polar surface area (TPSA) is 110 Å². The summed E-state index contributed by atoms with van der Waals surface area (Å²) in [6.07, 6.45) is 4.77.